The van der Waals surface area contributed by atoms with Crippen molar-refractivity contribution in [2.45, 2.75) is 32.2 Å². The number of thioether (sulfide) groups is 1. The van der Waals surface area contributed by atoms with Crippen molar-refractivity contribution in [2.75, 3.05) is 5.75 Å². The molecule has 1 aromatic rings. The Morgan fingerprint density at radius 3 is 2.68 bits per heavy atom. The summed E-state index contributed by atoms with van der Waals surface area (Å²) in [5, 5.41) is 29.0. The van der Waals surface area contributed by atoms with Crippen molar-refractivity contribution >= 4 is 32.8 Å². The molecule has 0 aliphatic carbocycles. The molecule has 0 bridgehead atoms. The molecule has 106 valence electrons. The Kier molecular flexibility index (Phi) is 7.02. The fraction of sp³-hybridized carbons (Fsp3) is 0.462. The molecule has 0 aromatic heterocycles. The fourth-order valence-corrected chi connectivity index (χ4v) is 2.62. The second-order valence-electron chi connectivity index (χ2n) is 4.15. The molecule has 0 aliphatic heterocycles. The highest BCUT2D eigenvalue weighted by Gasteiger charge is 2.19. The monoisotopic (exact) mass is 348 g/mol. The highest BCUT2D eigenvalue weighted by molar-refractivity contribution is 9.10. The van der Waals surface area contributed by atoms with Crippen LogP contribution in [0.25, 0.3) is 0 Å². The Hall–Kier alpha value is -0.400. The van der Waals surface area contributed by atoms with Gasteiger partial charge in [-0.1, -0.05) is 33.8 Å². The first kappa shape index (κ1) is 16.7. The quantitative estimate of drug-likeness (QED) is 0.732. The lowest BCUT2D eigenvalue weighted by atomic mass is 10.0. The second-order valence-corrected chi connectivity index (χ2v) is 6.28. The Labute approximate surface area is 125 Å². The third-order valence-electron chi connectivity index (χ3n) is 2.67. The van der Waals surface area contributed by atoms with E-state index in [1.165, 1.54) is 6.92 Å². The summed E-state index contributed by atoms with van der Waals surface area (Å²) in [4.78, 5) is 10.8. The summed E-state index contributed by atoms with van der Waals surface area (Å²) in [6.07, 6.45) is -1.62. The van der Waals surface area contributed by atoms with Crippen molar-refractivity contribution in [1.82, 2.24) is 0 Å². The maximum atomic E-state index is 10.8. The molecular formula is C13H17BrO4S. The summed E-state index contributed by atoms with van der Waals surface area (Å²) in [6.45, 7) is 1.33. The van der Waals surface area contributed by atoms with Crippen molar-refractivity contribution < 1.29 is 20.1 Å². The molecular weight excluding hydrogens is 332 g/mol. The molecule has 0 heterocycles. The predicted octanol–water partition coefficient (Wildman–Crippen LogP) is 2.01. The molecule has 0 amide bonds. The van der Waals surface area contributed by atoms with Crippen molar-refractivity contribution in [3.63, 3.8) is 0 Å². The first-order chi connectivity index (χ1) is 8.95. The van der Waals surface area contributed by atoms with E-state index >= 15 is 0 Å². The molecule has 2 unspecified atom stereocenters. The van der Waals surface area contributed by atoms with Crippen LogP contribution in [0, 0.1) is 0 Å². The predicted molar refractivity (Wildman–Crippen MR) is 78.8 cm³/mol. The largest absolute Gasteiger partial charge is 0.392 e. The van der Waals surface area contributed by atoms with Gasteiger partial charge in [-0.25, -0.2) is 0 Å². The lowest BCUT2D eigenvalue weighted by Gasteiger charge is -2.18. The summed E-state index contributed by atoms with van der Waals surface area (Å²) in [7, 11) is 0. The van der Waals surface area contributed by atoms with Gasteiger partial charge in [0.25, 0.3) is 0 Å². The van der Waals surface area contributed by atoms with Gasteiger partial charge >= 0.3 is 0 Å². The summed E-state index contributed by atoms with van der Waals surface area (Å²) in [5.74, 6) is 0.469. The van der Waals surface area contributed by atoms with Gasteiger partial charge in [0.2, 0.25) is 0 Å². The molecule has 1 rings (SSSR count). The van der Waals surface area contributed by atoms with Crippen LogP contribution in [-0.2, 0) is 11.4 Å². The molecule has 2 atom stereocenters. The van der Waals surface area contributed by atoms with Crippen molar-refractivity contribution in [1.29, 1.82) is 0 Å². The van der Waals surface area contributed by atoms with Gasteiger partial charge in [0.15, 0.2) is 5.12 Å². The number of hydrogen-bond donors (Lipinski definition) is 3. The normalized spacial score (nSPS) is 14.2. The van der Waals surface area contributed by atoms with E-state index in [0.29, 0.717) is 23.3 Å². The van der Waals surface area contributed by atoms with Gasteiger partial charge in [-0.2, -0.15) is 0 Å². The second kappa shape index (κ2) is 8.01. The highest BCUT2D eigenvalue weighted by Crippen LogP contribution is 2.25. The molecule has 0 saturated heterocycles. The maximum Gasteiger partial charge on any atom is 0.185 e. The molecule has 0 fully saturated rings. The van der Waals surface area contributed by atoms with E-state index in [1.807, 2.05) is 0 Å². The molecule has 3 N–H and O–H groups in total. The minimum atomic E-state index is -1.02. The molecule has 6 heteroatoms. The lowest BCUT2D eigenvalue weighted by Crippen LogP contribution is -2.19. The van der Waals surface area contributed by atoms with Crippen LogP contribution in [0.2, 0.25) is 0 Å². The van der Waals surface area contributed by atoms with Crippen LogP contribution >= 0.6 is 27.7 Å². The average Bonchev–Trinajstić information content (AvgIpc) is 2.38. The summed E-state index contributed by atoms with van der Waals surface area (Å²) >= 11 is 4.41. The zero-order valence-corrected chi connectivity index (χ0v) is 12.9. The first-order valence-electron chi connectivity index (χ1n) is 5.84. The van der Waals surface area contributed by atoms with Crippen LogP contribution in [0.4, 0.5) is 0 Å². The van der Waals surface area contributed by atoms with Crippen LogP contribution < -0.4 is 0 Å². The number of aliphatic hydroxyl groups excluding tert-OH is 3. The van der Waals surface area contributed by atoms with Gasteiger partial charge in [-0.05, 0) is 29.7 Å². The standard InChI is InChI=1S/C13H17BrO4S/c1-8(16)19-5-4-12(17)13(18)9-2-3-11(14)10(6-9)7-15/h2-3,6,12-13,15,17-18H,4-5,7H2,1H3. The van der Waals surface area contributed by atoms with Crippen LogP contribution in [-0.4, -0.2) is 32.3 Å². The third-order valence-corrected chi connectivity index (χ3v) is 4.29. The highest BCUT2D eigenvalue weighted by atomic mass is 79.9. The number of rotatable bonds is 6. The number of aliphatic hydroxyl groups is 3. The third kappa shape index (κ3) is 5.24. The van der Waals surface area contributed by atoms with E-state index in [2.05, 4.69) is 15.9 Å². The minimum absolute atomic E-state index is 0.00658. The van der Waals surface area contributed by atoms with E-state index in [9.17, 15) is 15.0 Å². The molecule has 19 heavy (non-hydrogen) atoms. The van der Waals surface area contributed by atoms with E-state index < -0.39 is 12.2 Å². The Morgan fingerprint density at radius 1 is 1.42 bits per heavy atom. The smallest absolute Gasteiger partial charge is 0.185 e. The van der Waals surface area contributed by atoms with E-state index in [4.69, 9.17) is 5.11 Å². The topological polar surface area (TPSA) is 77.8 Å². The maximum absolute atomic E-state index is 10.8. The zero-order valence-electron chi connectivity index (χ0n) is 10.5. The zero-order chi connectivity index (χ0) is 14.4. The van der Waals surface area contributed by atoms with Gasteiger partial charge in [0.05, 0.1) is 12.7 Å². The van der Waals surface area contributed by atoms with Gasteiger partial charge in [0.1, 0.15) is 6.10 Å². The average molecular weight is 349 g/mol. The van der Waals surface area contributed by atoms with Gasteiger partial charge in [-0.15, -0.1) is 0 Å². The summed E-state index contributed by atoms with van der Waals surface area (Å²) < 4.78 is 0.757. The molecule has 0 saturated carbocycles. The van der Waals surface area contributed by atoms with Gasteiger partial charge in [0, 0.05) is 17.1 Å². The van der Waals surface area contributed by atoms with Crippen molar-refractivity contribution in [3.05, 3.63) is 33.8 Å². The number of carbonyl (C=O) groups excluding carboxylic acids is 1. The molecule has 0 radical (unpaired) electrons. The SMILES string of the molecule is CC(=O)SCCC(O)C(O)c1ccc(Br)c(CO)c1. The lowest BCUT2D eigenvalue weighted by molar-refractivity contribution is -0.109. The van der Waals surface area contributed by atoms with Crippen LogP contribution in [0.1, 0.15) is 30.6 Å². The van der Waals surface area contributed by atoms with Crippen LogP contribution in [0.15, 0.2) is 22.7 Å². The van der Waals surface area contributed by atoms with E-state index in [1.54, 1.807) is 18.2 Å². The Bertz CT molecular complexity index is 439. The van der Waals surface area contributed by atoms with Gasteiger partial charge in [-0.3, -0.25) is 4.79 Å². The number of halogens is 1. The number of hydrogen-bond acceptors (Lipinski definition) is 5. The van der Waals surface area contributed by atoms with Crippen LogP contribution in [0.5, 0.6) is 0 Å². The Balaban J connectivity index is 2.65. The van der Waals surface area contributed by atoms with Crippen LogP contribution in [0.3, 0.4) is 0 Å². The molecule has 0 aliphatic rings. The van der Waals surface area contributed by atoms with E-state index in [-0.39, 0.29) is 11.7 Å². The van der Waals surface area contributed by atoms with Crippen molar-refractivity contribution in [2.24, 2.45) is 0 Å². The first-order valence-corrected chi connectivity index (χ1v) is 7.62. The van der Waals surface area contributed by atoms with E-state index in [0.717, 1.165) is 16.2 Å². The minimum Gasteiger partial charge on any atom is -0.392 e. The Morgan fingerprint density at radius 2 is 2.11 bits per heavy atom. The van der Waals surface area contributed by atoms with Crippen molar-refractivity contribution in [3.8, 4) is 0 Å². The molecule has 0 spiro atoms. The van der Waals surface area contributed by atoms with Gasteiger partial charge < -0.3 is 15.3 Å². The number of carbonyl (C=O) groups is 1. The fourth-order valence-electron chi connectivity index (χ4n) is 1.60. The summed E-state index contributed by atoms with van der Waals surface area (Å²) in [5.41, 5.74) is 1.20. The molecule has 1 aromatic carbocycles. The molecule has 4 nitrogen and oxygen atoms in total. The number of benzene rings is 1. The summed E-state index contributed by atoms with van der Waals surface area (Å²) in [6, 6.07) is 5.06.